The Kier molecular flexibility index (Phi) is 9.34. The molecule has 0 spiro atoms. The van der Waals surface area contributed by atoms with Crippen LogP contribution in [0.2, 0.25) is 0 Å². The first-order valence-electron chi connectivity index (χ1n) is 14.8. The van der Waals surface area contributed by atoms with Crippen LogP contribution in [0.1, 0.15) is 80.1 Å². The normalized spacial score (nSPS) is 19.7. The molecule has 6 heteroatoms. The molecule has 0 atom stereocenters. The third kappa shape index (κ3) is 7.16. The molecule has 2 aromatic carbocycles. The molecule has 3 aliphatic rings. The summed E-state index contributed by atoms with van der Waals surface area (Å²) >= 11 is 0. The Bertz CT molecular complexity index is 1080. The van der Waals surface area contributed by atoms with Crippen LogP contribution >= 0.6 is 0 Å². The van der Waals surface area contributed by atoms with Gasteiger partial charge in [0.25, 0.3) is 5.91 Å². The van der Waals surface area contributed by atoms with Gasteiger partial charge in [-0.2, -0.15) is 0 Å². The van der Waals surface area contributed by atoms with E-state index in [9.17, 15) is 9.59 Å². The molecule has 2 fully saturated rings. The summed E-state index contributed by atoms with van der Waals surface area (Å²) in [6.45, 7) is 5.85. The molecular weight excluding hydrogens is 474 g/mol. The van der Waals surface area contributed by atoms with E-state index in [0.29, 0.717) is 25.3 Å². The first-order chi connectivity index (χ1) is 18.7. The highest BCUT2D eigenvalue weighted by Gasteiger charge is 2.34. The summed E-state index contributed by atoms with van der Waals surface area (Å²) in [6, 6.07) is 15.8. The predicted octanol–water partition coefficient (Wildman–Crippen LogP) is 5.90. The van der Waals surface area contributed by atoms with E-state index in [1.807, 2.05) is 46.2 Å². The zero-order valence-electron chi connectivity index (χ0n) is 22.8. The second-order valence-corrected chi connectivity index (χ2v) is 11.2. The molecule has 2 amide bonds. The Morgan fingerprint density at radius 2 is 1.50 bits per heavy atom. The first-order valence-corrected chi connectivity index (χ1v) is 14.8. The lowest BCUT2D eigenvalue weighted by Gasteiger charge is -2.28. The van der Waals surface area contributed by atoms with E-state index in [0.717, 1.165) is 81.7 Å². The van der Waals surface area contributed by atoms with Crippen LogP contribution in [0.3, 0.4) is 0 Å². The Hall–Kier alpha value is -2.86. The summed E-state index contributed by atoms with van der Waals surface area (Å²) in [5, 5.41) is 0. The van der Waals surface area contributed by atoms with Crippen molar-refractivity contribution in [3.8, 4) is 5.75 Å². The minimum Gasteiger partial charge on any atom is -0.492 e. The topological polar surface area (TPSA) is 53.1 Å². The number of rotatable bonds is 6. The van der Waals surface area contributed by atoms with Gasteiger partial charge in [-0.3, -0.25) is 14.5 Å². The average molecular weight is 518 g/mol. The molecule has 1 aliphatic carbocycles. The van der Waals surface area contributed by atoms with E-state index < -0.39 is 0 Å². The molecule has 0 aromatic heterocycles. The maximum atomic E-state index is 13.8. The van der Waals surface area contributed by atoms with Crippen LogP contribution in [0.4, 0.5) is 5.69 Å². The van der Waals surface area contributed by atoms with Crippen molar-refractivity contribution in [1.82, 2.24) is 9.80 Å². The van der Waals surface area contributed by atoms with Gasteiger partial charge in [0.15, 0.2) is 0 Å². The van der Waals surface area contributed by atoms with Gasteiger partial charge >= 0.3 is 0 Å². The summed E-state index contributed by atoms with van der Waals surface area (Å²) < 4.78 is 6.04. The molecule has 204 valence electrons. The van der Waals surface area contributed by atoms with Crippen molar-refractivity contribution in [2.24, 2.45) is 5.92 Å². The molecule has 38 heavy (non-hydrogen) atoms. The Balaban J connectivity index is 1.33. The highest BCUT2D eigenvalue weighted by molar-refractivity contribution is 5.97. The van der Waals surface area contributed by atoms with Crippen molar-refractivity contribution in [2.75, 3.05) is 44.2 Å². The van der Waals surface area contributed by atoms with E-state index in [-0.39, 0.29) is 17.7 Å². The number of anilines is 1. The van der Waals surface area contributed by atoms with Crippen molar-refractivity contribution < 1.29 is 14.3 Å². The van der Waals surface area contributed by atoms with Crippen molar-refractivity contribution in [1.29, 1.82) is 0 Å². The number of nitrogens with zero attached hydrogens (tertiary/aromatic N) is 3. The lowest BCUT2D eigenvalue weighted by Crippen LogP contribution is -2.36. The third-order valence-electron chi connectivity index (χ3n) is 8.14. The van der Waals surface area contributed by atoms with Gasteiger partial charge in [0.2, 0.25) is 5.91 Å². The average Bonchev–Trinajstić information content (AvgIpc) is 3.66. The van der Waals surface area contributed by atoms with Crippen molar-refractivity contribution in [3.63, 3.8) is 0 Å². The second kappa shape index (κ2) is 13.3. The van der Waals surface area contributed by atoms with Gasteiger partial charge in [0.05, 0.1) is 0 Å². The zero-order valence-corrected chi connectivity index (χ0v) is 22.8. The molecule has 2 aromatic rings. The molecule has 6 nitrogen and oxygen atoms in total. The first kappa shape index (κ1) is 26.7. The van der Waals surface area contributed by atoms with Gasteiger partial charge in [-0.05, 0) is 81.4 Å². The Morgan fingerprint density at radius 3 is 2.29 bits per heavy atom. The fraction of sp³-hybridized carbons (Fsp3) is 0.562. The SMILES string of the molecule is O=C(c1cccc(OCCN2CCCC2)c1)N1CCCCCCCCN(C(=O)C2CC2)c2ccccc2C1. The summed E-state index contributed by atoms with van der Waals surface area (Å²) in [5.74, 6) is 1.20. The number of para-hydroxylation sites is 1. The van der Waals surface area contributed by atoms with Gasteiger partial charge in [-0.15, -0.1) is 0 Å². The van der Waals surface area contributed by atoms with Crippen LogP contribution < -0.4 is 9.64 Å². The fourth-order valence-electron chi connectivity index (χ4n) is 5.75. The summed E-state index contributed by atoms with van der Waals surface area (Å²) in [4.78, 5) is 33.5. The molecule has 0 radical (unpaired) electrons. The van der Waals surface area contributed by atoms with Crippen LogP contribution in [0.25, 0.3) is 0 Å². The molecule has 0 N–H and O–H groups in total. The minimum atomic E-state index is 0.0275. The molecule has 2 heterocycles. The van der Waals surface area contributed by atoms with Crippen LogP contribution in [-0.2, 0) is 11.3 Å². The number of benzene rings is 2. The maximum Gasteiger partial charge on any atom is 0.254 e. The summed E-state index contributed by atoms with van der Waals surface area (Å²) in [5.41, 5.74) is 2.68. The van der Waals surface area contributed by atoms with E-state index in [1.165, 1.54) is 25.7 Å². The number of likely N-dealkylation sites (tertiary alicyclic amines) is 1. The molecule has 1 saturated carbocycles. The maximum absolute atomic E-state index is 13.8. The number of amides is 2. The van der Waals surface area contributed by atoms with E-state index in [4.69, 9.17) is 4.74 Å². The quantitative estimate of drug-likeness (QED) is 0.479. The summed E-state index contributed by atoms with van der Waals surface area (Å²) in [7, 11) is 0. The number of carbonyl (C=O) groups excluding carboxylic acids is 2. The van der Waals surface area contributed by atoms with Gasteiger partial charge in [-0.25, -0.2) is 0 Å². The minimum absolute atomic E-state index is 0.0275. The number of fused-ring (bicyclic) bond motifs is 1. The Labute approximate surface area is 227 Å². The van der Waals surface area contributed by atoms with Crippen molar-refractivity contribution >= 4 is 17.5 Å². The monoisotopic (exact) mass is 517 g/mol. The standard InChI is InChI=1S/C32H43N3O3/c36-31(27-13-11-14-29(24-27)38-23-22-33-18-9-10-19-33)34-20-7-3-1-2-4-8-21-35(32(37)26-16-17-26)30-15-6-5-12-28(30)25-34/h5-6,11-15,24,26H,1-4,7-10,16-23,25H2. The van der Waals surface area contributed by atoms with Gasteiger partial charge in [-0.1, -0.05) is 49.9 Å². The van der Waals surface area contributed by atoms with Crippen molar-refractivity contribution in [2.45, 2.75) is 70.8 Å². The highest BCUT2D eigenvalue weighted by atomic mass is 16.5. The molecular formula is C32H43N3O3. The molecule has 0 bridgehead atoms. The number of hydrogen-bond donors (Lipinski definition) is 0. The molecule has 1 saturated heterocycles. The number of ether oxygens (including phenoxy) is 1. The van der Waals surface area contributed by atoms with E-state index >= 15 is 0 Å². The Morgan fingerprint density at radius 1 is 0.789 bits per heavy atom. The fourth-order valence-corrected chi connectivity index (χ4v) is 5.75. The van der Waals surface area contributed by atoms with Crippen LogP contribution in [-0.4, -0.2) is 60.9 Å². The third-order valence-corrected chi connectivity index (χ3v) is 8.14. The van der Waals surface area contributed by atoms with Crippen LogP contribution in [0.15, 0.2) is 48.5 Å². The number of hydrogen-bond acceptors (Lipinski definition) is 4. The van der Waals surface area contributed by atoms with Crippen LogP contribution in [0, 0.1) is 5.92 Å². The number of carbonyl (C=O) groups is 2. The summed E-state index contributed by atoms with van der Waals surface area (Å²) in [6.07, 6.45) is 11.2. The lowest BCUT2D eigenvalue weighted by atomic mass is 10.1. The van der Waals surface area contributed by atoms with Crippen LogP contribution in [0.5, 0.6) is 5.75 Å². The molecule has 2 aliphatic heterocycles. The van der Waals surface area contributed by atoms with Gasteiger partial charge in [0, 0.05) is 43.3 Å². The molecule has 5 rings (SSSR count). The zero-order chi connectivity index (χ0) is 26.2. The van der Waals surface area contributed by atoms with E-state index in [1.54, 1.807) is 0 Å². The van der Waals surface area contributed by atoms with Crippen molar-refractivity contribution in [3.05, 3.63) is 59.7 Å². The largest absolute Gasteiger partial charge is 0.492 e. The van der Waals surface area contributed by atoms with Gasteiger partial charge in [0.1, 0.15) is 12.4 Å². The smallest absolute Gasteiger partial charge is 0.254 e. The predicted molar refractivity (Wildman–Crippen MR) is 152 cm³/mol. The second-order valence-electron chi connectivity index (χ2n) is 11.2. The van der Waals surface area contributed by atoms with Gasteiger partial charge < -0.3 is 14.5 Å². The molecule has 0 unspecified atom stereocenters. The van der Waals surface area contributed by atoms with E-state index in [2.05, 4.69) is 17.0 Å². The highest BCUT2D eigenvalue weighted by Crippen LogP contribution is 2.34. The lowest BCUT2D eigenvalue weighted by molar-refractivity contribution is -0.119.